The maximum Gasteiger partial charge on any atom is 0.407 e. The van der Waals surface area contributed by atoms with Gasteiger partial charge in [-0.1, -0.05) is 6.92 Å². The number of amides is 1. The van der Waals surface area contributed by atoms with Crippen LogP contribution in [0.4, 0.5) is 4.79 Å². The van der Waals surface area contributed by atoms with Crippen molar-refractivity contribution in [2.24, 2.45) is 0 Å². The average Bonchev–Trinajstić information content (AvgIpc) is 2.32. The van der Waals surface area contributed by atoms with Crippen LogP contribution in [-0.4, -0.2) is 48.0 Å². The molecule has 0 fully saturated rings. The Balaban J connectivity index is 4.26. The molecule has 6 nitrogen and oxygen atoms in total. The molecule has 0 saturated carbocycles. The number of hydrogen-bond acceptors (Lipinski definition) is 5. The topological polar surface area (TPSA) is 81.7 Å². The zero-order valence-electron chi connectivity index (χ0n) is 9.65. The van der Waals surface area contributed by atoms with E-state index in [0.717, 1.165) is 0 Å². The van der Waals surface area contributed by atoms with Crippen LogP contribution in [-0.2, 0) is 25.1 Å². The fourth-order valence-corrected chi connectivity index (χ4v) is 1.77. The Labute approximate surface area is 97.1 Å². The quantitative estimate of drug-likeness (QED) is 0.674. The predicted molar refractivity (Wildman–Crippen MR) is 59.5 cm³/mol. The molecule has 0 aliphatic rings. The van der Waals surface area contributed by atoms with Crippen LogP contribution in [0.5, 0.6) is 0 Å². The number of methoxy groups -OCH3 is 2. The van der Waals surface area contributed by atoms with Crippen LogP contribution in [0.1, 0.15) is 13.3 Å². The maximum atomic E-state index is 11.3. The summed E-state index contributed by atoms with van der Waals surface area (Å²) in [6, 6.07) is -0.812. The van der Waals surface area contributed by atoms with Crippen LogP contribution in [0, 0.1) is 0 Å². The minimum Gasteiger partial charge on any atom is -0.467 e. The Kier molecular flexibility index (Phi) is 7.53. The highest BCUT2D eigenvalue weighted by atomic mass is 32.2. The van der Waals surface area contributed by atoms with Crippen LogP contribution in [0.2, 0.25) is 0 Å². The van der Waals surface area contributed by atoms with Crippen molar-refractivity contribution in [1.82, 2.24) is 5.32 Å². The van der Waals surface area contributed by atoms with Crippen molar-refractivity contribution in [2.45, 2.75) is 19.4 Å². The highest BCUT2D eigenvalue weighted by Gasteiger charge is 2.22. The summed E-state index contributed by atoms with van der Waals surface area (Å²) < 4.78 is 20.1. The Hall–Kier alpha value is -1.11. The van der Waals surface area contributed by atoms with Crippen molar-refractivity contribution in [1.29, 1.82) is 0 Å². The van der Waals surface area contributed by atoms with Gasteiger partial charge in [-0.2, -0.15) is 0 Å². The molecule has 1 amide bonds. The average molecular weight is 251 g/mol. The zero-order chi connectivity index (χ0) is 12.6. The molecular formula is C9H17NO5S. The van der Waals surface area contributed by atoms with Gasteiger partial charge in [0.25, 0.3) is 0 Å². The van der Waals surface area contributed by atoms with E-state index >= 15 is 0 Å². The minimum atomic E-state index is -0.983. The Morgan fingerprint density at radius 1 is 1.31 bits per heavy atom. The smallest absolute Gasteiger partial charge is 0.407 e. The van der Waals surface area contributed by atoms with Crippen molar-refractivity contribution < 1.29 is 23.3 Å². The van der Waals surface area contributed by atoms with Crippen molar-refractivity contribution >= 4 is 22.9 Å². The molecule has 0 aliphatic heterocycles. The van der Waals surface area contributed by atoms with Crippen LogP contribution >= 0.6 is 0 Å². The normalized spacial score (nSPS) is 13.7. The van der Waals surface area contributed by atoms with Gasteiger partial charge in [0.1, 0.15) is 6.04 Å². The Morgan fingerprint density at radius 3 is 2.38 bits per heavy atom. The van der Waals surface area contributed by atoms with Gasteiger partial charge < -0.3 is 14.8 Å². The molecule has 1 N–H and O–H groups in total. The summed E-state index contributed by atoms with van der Waals surface area (Å²) in [5, 5.41) is 2.33. The first kappa shape index (κ1) is 14.9. The number of esters is 1. The molecule has 0 bridgehead atoms. The van der Waals surface area contributed by atoms with Crippen LogP contribution in [0.15, 0.2) is 0 Å². The van der Waals surface area contributed by atoms with Gasteiger partial charge in [-0.3, -0.25) is 4.21 Å². The summed E-state index contributed by atoms with van der Waals surface area (Å²) in [5.41, 5.74) is 0. The molecular weight excluding hydrogens is 234 g/mol. The molecule has 0 radical (unpaired) electrons. The first-order valence-electron chi connectivity index (χ1n) is 4.82. The lowest BCUT2D eigenvalue weighted by Crippen LogP contribution is -2.42. The Bertz CT molecular complexity index is 269. The van der Waals surface area contributed by atoms with Gasteiger partial charge in [-0.05, 0) is 6.42 Å². The summed E-state index contributed by atoms with van der Waals surface area (Å²) in [7, 11) is 1.45. The summed E-state index contributed by atoms with van der Waals surface area (Å²) in [6.07, 6.45) is -0.444. The first-order valence-corrected chi connectivity index (χ1v) is 6.31. The van der Waals surface area contributed by atoms with E-state index in [4.69, 9.17) is 0 Å². The van der Waals surface area contributed by atoms with Crippen LogP contribution in [0.3, 0.4) is 0 Å². The van der Waals surface area contributed by atoms with Crippen molar-refractivity contribution in [3.05, 3.63) is 0 Å². The second kappa shape index (κ2) is 8.09. The van der Waals surface area contributed by atoms with Gasteiger partial charge in [0.15, 0.2) is 0 Å². The fourth-order valence-electron chi connectivity index (χ4n) is 0.986. The predicted octanol–water partition coefficient (Wildman–Crippen LogP) is 0.0427. The lowest BCUT2D eigenvalue weighted by Gasteiger charge is -2.14. The summed E-state index contributed by atoms with van der Waals surface area (Å²) in [6.45, 7) is 1.79. The Morgan fingerprint density at radius 2 is 1.94 bits per heavy atom. The van der Waals surface area contributed by atoms with E-state index in [1.807, 2.05) is 0 Å². The fraction of sp³-hybridized carbons (Fsp3) is 0.778. The van der Waals surface area contributed by atoms with Gasteiger partial charge in [-0.25, -0.2) is 9.59 Å². The summed E-state index contributed by atoms with van der Waals surface area (Å²) in [5.74, 6) is 0.283. The molecule has 94 valence electrons. The molecule has 1 unspecified atom stereocenters. The largest absolute Gasteiger partial charge is 0.467 e. The van der Waals surface area contributed by atoms with E-state index in [1.54, 1.807) is 6.92 Å². The van der Waals surface area contributed by atoms with Crippen LogP contribution < -0.4 is 5.32 Å². The second-order valence-electron chi connectivity index (χ2n) is 2.93. The van der Waals surface area contributed by atoms with Crippen molar-refractivity contribution in [3.8, 4) is 0 Å². The van der Waals surface area contributed by atoms with Crippen LogP contribution in [0.25, 0.3) is 0 Å². The van der Waals surface area contributed by atoms with Gasteiger partial charge in [0.2, 0.25) is 0 Å². The molecule has 0 heterocycles. The molecule has 0 aliphatic carbocycles. The summed E-state index contributed by atoms with van der Waals surface area (Å²) in [4.78, 5) is 22.2. The number of alkyl carbamates (subject to hydrolysis) is 1. The number of nitrogens with one attached hydrogen (secondary N) is 1. The minimum absolute atomic E-state index is 0.266. The van der Waals surface area contributed by atoms with Gasteiger partial charge in [-0.15, -0.1) is 0 Å². The molecule has 16 heavy (non-hydrogen) atoms. The third kappa shape index (κ3) is 5.69. The standard InChI is InChI=1S/C9H17NO5S/c1-4-16(13)6-5-7(8(11)14-2)10-9(12)15-3/h7H,4-6H2,1-3H3,(H,10,12)/t7-,16?/m0/s1. The third-order valence-electron chi connectivity index (χ3n) is 1.92. The molecule has 0 saturated heterocycles. The van der Waals surface area contributed by atoms with E-state index in [0.29, 0.717) is 11.5 Å². The monoisotopic (exact) mass is 251 g/mol. The number of hydrogen-bond donors (Lipinski definition) is 1. The molecule has 0 aromatic carbocycles. The van der Waals surface area contributed by atoms with Crippen molar-refractivity contribution in [3.63, 3.8) is 0 Å². The van der Waals surface area contributed by atoms with Gasteiger partial charge in [0, 0.05) is 22.3 Å². The molecule has 0 aromatic heterocycles. The van der Waals surface area contributed by atoms with E-state index in [-0.39, 0.29) is 6.42 Å². The first-order chi connectivity index (χ1) is 7.54. The lowest BCUT2D eigenvalue weighted by atomic mass is 10.2. The summed E-state index contributed by atoms with van der Waals surface area (Å²) >= 11 is 0. The highest BCUT2D eigenvalue weighted by molar-refractivity contribution is 7.84. The highest BCUT2D eigenvalue weighted by Crippen LogP contribution is 1.98. The number of carbonyl (C=O) groups excluding carboxylic acids is 2. The molecule has 0 aromatic rings. The third-order valence-corrected chi connectivity index (χ3v) is 3.25. The zero-order valence-corrected chi connectivity index (χ0v) is 10.5. The molecule has 0 rings (SSSR count). The van der Waals surface area contributed by atoms with E-state index in [2.05, 4.69) is 14.8 Å². The van der Waals surface area contributed by atoms with Crippen molar-refractivity contribution in [2.75, 3.05) is 25.7 Å². The van der Waals surface area contributed by atoms with Gasteiger partial charge >= 0.3 is 12.1 Å². The number of rotatable bonds is 6. The van der Waals surface area contributed by atoms with E-state index < -0.39 is 28.9 Å². The molecule has 2 atom stereocenters. The maximum absolute atomic E-state index is 11.3. The van der Waals surface area contributed by atoms with Gasteiger partial charge in [0.05, 0.1) is 14.2 Å². The second-order valence-corrected chi connectivity index (χ2v) is 4.80. The van der Waals surface area contributed by atoms with E-state index in [9.17, 15) is 13.8 Å². The number of carbonyl (C=O) groups is 2. The molecule has 7 heteroatoms. The van der Waals surface area contributed by atoms with E-state index in [1.165, 1.54) is 14.2 Å². The molecule has 0 spiro atoms. The lowest BCUT2D eigenvalue weighted by molar-refractivity contribution is -0.143. The number of ether oxygens (including phenoxy) is 2. The SMILES string of the molecule is CCS(=O)CC[C@H](NC(=O)OC)C(=O)OC.